The number of sulfonamides is 1. The number of ether oxygens (including phenoxy) is 1. The quantitative estimate of drug-likeness (QED) is 0.713. The molecule has 0 spiro atoms. The van der Waals surface area contributed by atoms with Gasteiger partial charge in [0, 0.05) is 25.2 Å². The molecule has 4 rings (SSSR count). The number of hydrogen-bond acceptors (Lipinski definition) is 6. The number of hydrogen-bond donors (Lipinski definition) is 0. The molecule has 27 heavy (non-hydrogen) atoms. The summed E-state index contributed by atoms with van der Waals surface area (Å²) >= 11 is 0. The average molecular weight is 394 g/mol. The minimum absolute atomic E-state index is 0.00340. The predicted molar refractivity (Wildman–Crippen MR) is 98.6 cm³/mol. The first-order chi connectivity index (χ1) is 13.0. The molecule has 1 aliphatic heterocycles. The summed E-state index contributed by atoms with van der Waals surface area (Å²) in [6.45, 7) is 4.61. The fourth-order valence-electron chi connectivity index (χ4n) is 3.68. The maximum atomic E-state index is 13.4. The lowest BCUT2D eigenvalue weighted by Gasteiger charge is -2.37. The number of morpholine rings is 1. The Morgan fingerprint density at radius 3 is 2.74 bits per heavy atom. The molecule has 0 N–H and O–H groups in total. The highest BCUT2D eigenvalue weighted by Gasteiger charge is 2.42. The second-order valence-corrected chi connectivity index (χ2v) is 9.41. The van der Waals surface area contributed by atoms with Crippen molar-refractivity contribution in [2.24, 2.45) is 5.92 Å². The summed E-state index contributed by atoms with van der Waals surface area (Å²) in [7, 11) is -3.66. The van der Waals surface area contributed by atoms with Crippen molar-refractivity contribution in [2.45, 2.75) is 63.1 Å². The first-order valence-electron chi connectivity index (χ1n) is 9.66. The Labute approximate surface area is 159 Å². The normalized spacial score (nSPS) is 24.4. The molecule has 2 atom stereocenters. The van der Waals surface area contributed by atoms with Crippen LogP contribution in [0.4, 0.5) is 0 Å². The van der Waals surface area contributed by atoms with Crippen LogP contribution in [0, 0.1) is 12.8 Å². The second-order valence-electron chi connectivity index (χ2n) is 7.51. The summed E-state index contributed by atoms with van der Waals surface area (Å²) in [5.41, 5.74) is 0. The van der Waals surface area contributed by atoms with Crippen molar-refractivity contribution in [2.75, 3.05) is 13.1 Å². The average Bonchev–Trinajstić information content (AvgIpc) is 3.21. The van der Waals surface area contributed by atoms with Gasteiger partial charge in [-0.3, -0.25) is 0 Å². The minimum Gasteiger partial charge on any atom is -0.457 e. The molecule has 0 radical (unpaired) electrons. The molecule has 2 fully saturated rings. The minimum atomic E-state index is -3.66. The standard InChI is InChI=1S/C19H26N2O5S/c1-3-4-5-15-11-21(12-18(25-15)14-6-7-14)27(22,23)19-10-17(24-13(19)2)16-8-9-20-26-16/h8-10,14-15,18H,3-7,11-12H2,1-2H3/t15-,18-/m1/s1. The molecule has 148 valence electrons. The highest BCUT2D eigenvalue weighted by atomic mass is 32.2. The van der Waals surface area contributed by atoms with Gasteiger partial charge in [-0.15, -0.1) is 0 Å². The summed E-state index contributed by atoms with van der Waals surface area (Å²) < 4.78 is 45.3. The Balaban J connectivity index is 1.60. The fourth-order valence-corrected chi connectivity index (χ4v) is 5.32. The zero-order valence-electron chi connectivity index (χ0n) is 15.8. The third kappa shape index (κ3) is 3.83. The number of nitrogens with zero attached hydrogens (tertiary/aromatic N) is 2. The van der Waals surface area contributed by atoms with Crippen LogP contribution in [0.5, 0.6) is 0 Å². The van der Waals surface area contributed by atoms with Gasteiger partial charge in [0.25, 0.3) is 0 Å². The van der Waals surface area contributed by atoms with E-state index in [1.165, 1.54) is 12.3 Å². The maximum Gasteiger partial charge on any atom is 0.246 e. The van der Waals surface area contributed by atoms with Crippen LogP contribution >= 0.6 is 0 Å². The second kappa shape index (κ2) is 7.41. The van der Waals surface area contributed by atoms with E-state index >= 15 is 0 Å². The van der Waals surface area contributed by atoms with E-state index in [4.69, 9.17) is 13.7 Å². The van der Waals surface area contributed by atoms with Crippen LogP contribution in [0.15, 0.2) is 32.2 Å². The van der Waals surface area contributed by atoms with Crippen LogP contribution in [0.25, 0.3) is 11.5 Å². The van der Waals surface area contributed by atoms with Crippen LogP contribution < -0.4 is 0 Å². The van der Waals surface area contributed by atoms with Crippen LogP contribution in [0.2, 0.25) is 0 Å². The molecular weight excluding hydrogens is 368 g/mol. The molecule has 0 aromatic carbocycles. The molecule has 0 bridgehead atoms. The summed E-state index contributed by atoms with van der Waals surface area (Å²) in [6.07, 6.45) is 6.70. The van der Waals surface area contributed by atoms with Gasteiger partial charge in [0.2, 0.25) is 15.8 Å². The third-order valence-corrected chi connectivity index (χ3v) is 7.30. The van der Waals surface area contributed by atoms with Crippen molar-refractivity contribution in [1.82, 2.24) is 9.46 Å². The molecule has 1 aliphatic carbocycles. The van der Waals surface area contributed by atoms with Crippen molar-refractivity contribution >= 4 is 10.0 Å². The molecule has 7 nitrogen and oxygen atoms in total. The monoisotopic (exact) mass is 394 g/mol. The third-order valence-electron chi connectivity index (χ3n) is 5.36. The zero-order valence-corrected chi connectivity index (χ0v) is 16.6. The van der Waals surface area contributed by atoms with Gasteiger partial charge >= 0.3 is 0 Å². The molecule has 2 aliphatic rings. The number of aromatic nitrogens is 1. The predicted octanol–water partition coefficient (Wildman–Crippen LogP) is 3.60. The van der Waals surface area contributed by atoms with Gasteiger partial charge in [-0.25, -0.2) is 8.42 Å². The van der Waals surface area contributed by atoms with Crippen molar-refractivity contribution in [1.29, 1.82) is 0 Å². The largest absolute Gasteiger partial charge is 0.457 e. The van der Waals surface area contributed by atoms with Gasteiger partial charge in [0.1, 0.15) is 10.7 Å². The summed E-state index contributed by atoms with van der Waals surface area (Å²) in [4.78, 5) is 0.194. The van der Waals surface area contributed by atoms with E-state index in [0.717, 1.165) is 32.1 Å². The SMILES string of the molecule is CCCC[C@@H]1CN(S(=O)(=O)c2cc(-c3ccno3)oc2C)C[C@H](C2CC2)O1. The Hall–Kier alpha value is -1.64. The molecule has 2 aromatic heterocycles. The number of furan rings is 1. The van der Waals surface area contributed by atoms with Gasteiger partial charge in [-0.1, -0.05) is 24.9 Å². The Morgan fingerprint density at radius 1 is 1.26 bits per heavy atom. The number of unbranched alkanes of at least 4 members (excludes halogenated alkanes) is 1. The van der Waals surface area contributed by atoms with E-state index in [9.17, 15) is 8.42 Å². The fraction of sp³-hybridized carbons (Fsp3) is 0.632. The first kappa shape index (κ1) is 18.7. The molecule has 2 aromatic rings. The molecular formula is C19H26N2O5S. The van der Waals surface area contributed by atoms with Gasteiger partial charge < -0.3 is 13.7 Å². The zero-order chi connectivity index (χ0) is 19.0. The van der Waals surface area contributed by atoms with Crippen molar-refractivity contribution in [3.8, 4) is 11.5 Å². The van der Waals surface area contributed by atoms with E-state index in [1.54, 1.807) is 17.3 Å². The smallest absolute Gasteiger partial charge is 0.246 e. The van der Waals surface area contributed by atoms with E-state index < -0.39 is 10.0 Å². The molecule has 0 amide bonds. The topological polar surface area (TPSA) is 85.8 Å². The van der Waals surface area contributed by atoms with Gasteiger partial charge in [-0.05, 0) is 32.1 Å². The summed E-state index contributed by atoms with van der Waals surface area (Å²) in [6, 6.07) is 3.18. The number of rotatable bonds is 7. The van der Waals surface area contributed by atoms with Crippen LogP contribution in [-0.4, -0.2) is 43.2 Å². The van der Waals surface area contributed by atoms with Crippen LogP contribution in [-0.2, 0) is 14.8 Å². The Bertz CT molecular complexity index is 870. The van der Waals surface area contributed by atoms with Crippen LogP contribution in [0.3, 0.4) is 0 Å². The summed E-state index contributed by atoms with van der Waals surface area (Å²) in [5.74, 6) is 1.64. The number of aryl methyl sites for hydroxylation is 1. The summed E-state index contributed by atoms with van der Waals surface area (Å²) in [5, 5.41) is 3.65. The van der Waals surface area contributed by atoms with E-state index in [1.807, 2.05) is 0 Å². The van der Waals surface area contributed by atoms with Crippen molar-refractivity contribution in [3.05, 3.63) is 24.1 Å². The van der Waals surface area contributed by atoms with Crippen molar-refractivity contribution in [3.63, 3.8) is 0 Å². The Kier molecular flexibility index (Phi) is 5.13. The first-order valence-corrected chi connectivity index (χ1v) is 11.1. The van der Waals surface area contributed by atoms with E-state index in [0.29, 0.717) is 36.3 Å². The Morgan fingerprint density at radius 2 is 2.07 bits per heavy atom. The van der Waals surface area contributed by atoms with Gasteiger partial charge in [0.15, 0.2) is 5.76 Å². The molecule has 3 heterocycles. The highest BCUT2D eigenvalue weighted by Crippen LogP contribution is 2.39. The van der Waals surface area contributed by atoms with Crippen molar-refractivity contribution < 1.29 is 22.1 Å². The van der Waals surface area contributed by atoms with Gasteiger partial charge in [-0.2, -0.15) is 4.31 Å². The lowest BCUT2D eigenvalue weighted by atomic mass is 10.1. The maximum absolute atomic E-state index is 13.4. The highest BCUT2D eigenvalue weighted by molar-refractivity contribution is 7.89. The van der Waals surface area contributed by atoms with E-state index in [2.05, 4.69) is 12.1 Å². The lowest BCUT2D eigenvalue weighted by molar-refractivity contribution is -0.0761. The van der Waals surface area contributed by atoms with Crippen LogP contribution in [0.1, 0.15) is 44.8 Å². The van der Waals surface area contributed by atoms with E-state index in [-0.39, 0.29) is 17.1 Å². The molecule has 8 heteroatoms. The molecule has 0 unspecified atom stereocenters. The lowest BCUT2D eigenvalue weighted by Crippen LogP contribution is -2.50. The van der Waals surface area contributed by atoms with Gasteiger partial charge in [0.05, 0.1) is 18.4 Å². The molecule has 1 saturated carbocycles. The molecule has 1 saturated heterocycles.